The lowest BCUT2D eigenvalue weighted by atomic mass is 10.2. The van der Waals surface area contributed by atoms with E-state index in [1.807, 2.05) is 0 Å². The normalized spacial score (nSPS) is 36.8. The van der Waals surface area contributed by atoms with Gasteiger partial charge in [0.2, 0.25) is 0 Å². The van der Waals surface area contributed by atoms with Gasteiger partial charge in [0.15, 0.2) is 6.17 Å². The molecule has 1 rings (SSSR count). The Kier molecular flexibility index (Phi) is 1.64. The van der Waals surface area contributed by atoms with Gasteiger partial charge in [0.05, 0.1) is 6.42 Å². The summed E-state index contributed by atoms with van der Waals surface area (Å²) in [4.78, 5) is 0. The highest BCUT2D eigenvalue weighted by Gasteiger charge is 2.81. The molecule has 0 aromatic rings. The first-order valence-electron chi connectivity index (χ1n) is 2.76. The molecule has 0 amide bonds. The van der Waals surface area contributed by atoms with Crippen LogP contribution in [-0.2, 0) is 0 Å². The van der Waals surface area contributed by atoms with Crippen molar-refractivity contribution in [1.29, 1.82) is 0 Å². The van der Waals surface area contributed by atoms with Crippen molar-refractivity contribution in [2.24, 2.45) is 0 Å². The van der Waals surface area contributed by atoms with Gasteiger partial charge in [-0.2, -0.15) is 26.3 Å². The maximum absolute atomic E-state index is 12.0. The Hall–Kier alpha value is -0.490. The maximum Gasteiger partial charge on any atom is 0.375 e. The van der Waals surface area contributed by atoms with Gasteiger partial charge in [-0.25, -0.2) is 4.39 Å². The van der Waals surface area contributed by atoms with Crippen molar-refractivity contribution in [3.8, 4) is 0 Å². The lowest BCUT2D eigenvalue weighted by molar-refractivity contribution is -0.274. The molecule has 0 N–H and O–H groups in total. The molecule has 0 aromatic carbocycles. The molecule has 1 atom stereocenters. The lowest BCUT2D eigenvalue weighted by Crippen LogP contribution is -2.48. The van der Waals surface area contributed by atoms with E-state index in [-0.39, 0.29) is 0 Å². The SMILES string of the molecule is FC1[CH]C(F)(F)C(F)(F)C1(F)F. The average molecular weight is 195 g/mol. The van der Waals surface area contributed by atoms with Crippen molar-refractivity contribution in [3.05, 3.63) is 6.42 Å². The standard InChI is InChI=1S/C5H2F7/c6-2-1-3(7,8)5(11,12)4(2,9)10/h1-2H. The van der Waals surface area contributed by atoms with E-state index in [2.05, 4.69) is 0 Å². The van der Waals surface area contributed by atoms with E-state index in [0.29, 0.717) is 0 Å². The van der Waals surface area contributed by atoms with Crippen LogP contribution >= 0.6 is 0 Å². The van der Waals surface area contributed by atoms with Crippen molar-refractivity contribution in [2.75, 3.05) is 0 Å². The molecule has 0 nitrogen and oxygen atoms in total. The molecular weight excluding hydrogens is 193 g/mol. The molecule has 0 aliphatic heterocycles. The smallest absolute Gasteiger partial charge is 0.240 e. The first-order valence-corrected chi connectivity index (χ1v) is 2.76. The fourth-order valence-corrected chi connectivity index (χ4v) is 0.788. The first kappa shape index (κ1) is 9.60. The first-order chi connectivity index (χ1) is 5.13. The Morgan fingerprint density at radius 2 is 1.33 bits per heavy atom. The minimum absolute atomic E-state index is 0.979. The van der Waals surface area contributed by atoms with E-state index in [1.165, 1.54) is 0 Å². The molecule has 1 saturated carbocycles. The van der Waals surface area contributed by atoms with E-state index in [1.54, 1.807) is 0 Å². The lowest BCUT2D eigenvalue weighted by Gasteiger charge is -2.22. The van der Waals surface area contributed by atoms with Crippen LogP contribution in [0.15, 0.2) is 0 Å². The van der Waals surface area contributed by atoms with Gasteiger partial charge >= 0.3 is 17.8 Å². The van der Waals surface area contributed by atoms with Crippen LogP contribution in [0.1, 0.15) is 0 Å². The average Bonchev–Trinajstić information content (AvgIpc) is 1.92. The molecule has 0 heterocycles. The molecule has 0 aromatic heterocycles. The topological polar surface area (TPSA) is 0 Å². The molecular formula is C5H2F7. The monoisotopic (exact) mass is 195 g/mol. The Balaban J connectivity index is 3.10. The third-order valence-corrected chi connectivity index (χ3v) is 1.54. The maximum atomic E-state index is 12.0. The summed E-state index contributed by atoms with van der Waals surface area (Å²) in [6.07, 6.45) is -4.59. The zero-order valence-electron chi connectivity index (χ0n) is 5.30. The van der Waals surface area contributed by atoms with Crippen molar-refractivity contribution in [1.82, 2.24) is 0 Å². The van der Waals surface area contributed by atoms with Crippen molar-refractivity contribution >= 4 is 0 Å². The van der Waals surface area contributed by atoms with Crippen LogP contribution in [0.2, 0.25) is 0 Å². The number of alkyl halides is 7. The van der Waals surface area contributed by atoms with Crippen LogP contribution in [0, 0.1) is 6.42 Å². The van der Waals surface area contributed by atoms with Crippen LogP contribution in [-0.4, -0.2) is 23.9 Å². The molecule has 7 heteroatoms. The second kappa shape index (κ2) is 2.05. The molecule has 71 valence electrons. The van der Waals surface area contributed by atoms with Gasteiger partial charge < -0.3 is 0 Å². The van der Waals surface area contributed by atoms with Gasteiger partial charge in [0, 0.05) is 0 Å². The Morgan fingerprint density at radius 3 is 1.42 bits per heavy atom. The van der Waals surface area contributed by atoms with Gasteiger partial charge in [-0.15, -0.1) is 0 Å². The van der Waals surface area contributed by atoms with Crippen LogP contribution < -0.4 is 0 Å². The number of rotatable bonds is 0. The van der Waals surface area contributed by atoms with Crippen LogP contribution in [0.25, 0.3) is 0 Å². The van der Waals surface area contributed by atoms with E-state index in [9.17, 15) is 30.7 Å². The zero-order chi connectivity index (χ0) is 9.78. The number of halogens is 7. The fourth-order valence-electron chi connectivity index (χ4n) is 0.788. The van der Waals surface area contributed by atoms with E-state index < -0.39 is 30.4 Å². The molecule has 1 unspecified atom stereocenters. The summed E-state index contributed by atoms with van der Waals surface area (Å²) < 4.78 is 83.7. The van der Waals surface area contributed by atoms with E-state index in [4.69, 9.17) is 0 Å². The Morgan fingerprint density at radius 1 is 0.917 bits per heavy atom. The quantitative estimate of drug-likeness (QED) is 0.521. The summed E-state index contributed by atoms with van der Waals surface area (Å²) in [6, 6.07) is 0. The summed E-state index contributed by atoms with van der Waals surface area (Å²) in [5.41, 5.74) is 0. The fraction of sp³-hybridized carbons (Fsp3) is 0.800. The van der Waals surface area contributed by atoms with E-state index in [0.717, 1.165) is 0 Å². The Labute approximate surface area is 62.4 Å². The highest BCUT2D eigenvalue weighted by Crippen LogP contribution is 2.56. The van der Waals surface area contributed by atoms with Gasteiger partial charge in [0.1, 0.15) is 0 Å². The second-order valence-corrected chi connectivity index (χ2v) is 2.39. The summed E-state index contributed by atoms with van der Waals surface area (Å²) in [7, 11) is 0. The summed E-state index contributed by atoms with van der Waals surface area (Å²) in [5, 5.41) is 0. The molecule has 0 saturated heterocycles. The van der Waals surface area contributed by atoms with Crippen molar-refractivity contribution in [2.45, 2.75) is 23.9 Å². The number of hydrogen-bond acceptors (Lipinski definition) is 0. The van der Waals surface area contributed by atoms with Crippen molar-refractivity contribution in [3.63, 3.8) is 0 Å². The summed E-state index contributed by atoms with van der Waals surface area (Å²) >= 11 is 0. The van der Waals surface area contributed by atoms with Gasteiger partial charge in [-0.05, 0) is 0 Å². The van der Waals surface area contributed by atoms with Gasteiger partial charge in [-0.3, -0.25) is 0 Å². The molecule has 12 heavy (non-hydrogen) atoms. The van der Waals surface area contributed by atoms with Crippen molar-refractivity contribution < 1.29 is 30.7 Å². The third kappa shape index (κ3) is 0.847. The minimum Gasteiger partial charge on any atom is -0.240 e. The summed E-state index contributed by atoms with van der Waals surface area (Å²) in [6.45, 7) is 0. The van der Waals surface area contributed by atoms with Crippen LogP contribution in [0.4, 0.5) is 30.7 Å². The van der Waals surface area contributed by atoms with Gasteiger partial charge in [-0.1, -0.05) is 0 Å². The number of hydrogen-bond donors (Lipinski definition) is 0. The van der Waals surface area contributed by atoms with Gasteiger partial charge in [0.25, 0.3) is 0 Å². The second-order valence-electron chi connectivity index (χ2n) is 2.39. The molecule has 1 aliphatic carbocycles. The third-order valence-electron chi connectivity index (χ3n) is 1.54. The van der Waals surface area contributed by atoms with Crippen LogP contribution in [0.5, 0.6) is 0 Å². The van der Waals surface area contributed by atoms with Crippen LogP contribution in [0.3, 0.4) is 0 Å². The predicted octanol–water partition coefficient (Wildman–Crippen LogP) is 2.45. The zero-order valence-corrected chi connectivity index (χ0v) is 5.30. The molecule has 0 spiro atoms. The predicted molar refractivity (Wildman–Crippen MR) is 24.0 cm³/mol. The molecule has 0 bridgehead atoms. The molecule has 1 radical (unpaired) electrons. The highest BCUT2D eigenvalue weighted by atomic mass is 19.3. The Bertz CT molecular complexity index is 196. The minimum atomic E-state index is -5.64. The van der Waals surface area contributed by atoms with E-state index >= 15 is 0 Å². The largest absolute Gasteiger partial charge is 0.375 e. The molecule has 1 fully saturated rings. The molecule has 1 aliphatic rings. The summed E-state index contributed by atoms with van der Waals surface area (Å²) in [5.74, 6) is -16.0. The highest BCUT2D eigenvalue weighted by molar-refractivity contribution is 5.19.